The normalized spacial score (nSPS) is 10.7. The smallest absolute Gasteiger partial charge is 0.121 e. The highest BCUT2D eigenvalue weighted by molar-refractivity contribution is 9.10. The highest BCUT2D eigenvalue weighted by Crippen LogP contribution is 2.28. The standard InChI is InChI=1S/C12H11BrClNO/c1-2-5-16-8-3-4-9-10(14)7-12(13)15-11(9)6-8/h3-4,6-7H,2,5H2,1H3. The van der Waals surface area contributed by atoms with E-state index >= 15 is 0 Å². The average molecular weight is 301 g/mol. The van der Waals surface area contributed by atoms with Gasteiger partial charge in [-0.1, -0.05) is 18.5 Å². The number of pyridine rings is 1. The van der Waals surface area contributed by atoms with E-state index in [1.165, 1.54) is 0 Å². The van der Waals surface area contributed by atoms with Crippen LogP contribution in [0.2, 0.25) is 5.02 Å². The molecule has 1 aromatic heterocycles. The first-order valence-corrected chi connectivity index (χ1v) is 6.26. The molecule has 0 saturated carbocycles. The zero-order valence-corrected chi connectivity index (χ0v) is 11.2. The third-order valence-corrected chi connectivity index (χ3v) is 2.89. The summed E-state index contributed by atoms with van der Waals surface area (Å²) in [5.74, 6) is 0.830. The van der Waals surface area contributed by atoms with E-state index in [-0.39, 0.29) is 0 Å². The summed E-state index contributed by atoms with van der Waals surface area (Å²) >= 11 is 9.43. The van der Waals surface area contributed by atoms with Crippen molar-refractivity contribution in [2.24, 2.45) is 0 Å². The summed E-state index contributed by atoms with van der Waals surface area (Å²) in [6.45, 7) is 2.79. The molecule has 16 heavy (non-hydrogen) atoms. The summed E-state index contributed by atoms with van der Waals surface area (Å²) in [5.41, 5.74) is 0.841. The highest BCUT2D eigenvalue weighted by Gasteiger charge is 2.04. The van der Waals surface area contributed by atoms with Gasteiger partial charge in [0.2, 0.25) is 0 Å². The van der Waals surface area contributed by atoms with Gasteiger partial charge in [0.05, 0.1) is 17.1 Å². The van der Waals surface area contributed by atoms with Gasteiger partial charge in [0, 0.05) is 11.5 Å². The molecule has 1 heterocycles. The van der Waals surface area contributed by atoms with Crippen LogP contribution >= 0.6 is 27.5 Å². The van der Waals surface area contributed by atoms with Crippen molar-refractivity contribution in [3.8, 4) is 5.75 Å². The van der Waals surface area contributed by atoms with Crippen LogP contribution in [0, 0.1) is 0 Å². The van der Waals surface area contributed by atoms with Gasteiger partial charge in [0.15, 0.2) is 0 Å². The van der Waals surface area contributed by atoms with Gasteiger partial charge in [-0.25, -0.2) is 4.98 Å². The molecule has 0 aliphatic heterocycles. The minimum absolute atomic E-state index is 0.693. The van der Waals surface area contributed by atoms with Gasteiger partial charge in [0.1, 0.15) is 10.4 Å². The Labute approximate surface area is 108 Å². The lowest BCUT2D eigenvalue weighted by atomic mass is 10.2. The van der Waals surface area contributed by atoms with Crippen LogP contribution in [0.25, 0.3) is 10.9 Å². The number of ether oxygens (including phenoxy) is 1. The lowest BCUT2D eigenvalue weighted by molar-refractivity contribution is 0.318. The Bertz CT molecular complexity index is 516. The van der Waals surface area contributed by atoms with Crippen LogP contribution in [0.3, 0.4) is 0 Å². The molecule has 1 aromatic carbocycles. The molecule has 2 rings (SSSR count). The number of halogens is 2. The molecule has 0 unspecified atom stereocenters. The largest absolute Gasteiger partial charge is 0.494 e. The fourth-order valence-electron chi connectivity index (χ4n) is 1.45. The minimum atomic E-state index is 0.693. The van der Waals surface area contributed by atoms with Crippen molar-refractivity contribution in [1.82, 2.24) is 4.98 Å². The number of rotatable bonds is 3. The number of aromatic nitrogens is 1. The summed E-state index contributed by atoms with van der Waals surface area (Å²) in [6, 6.07) is 7.54. The fourth-order valence-corrected chi connectivity index (χ4v) is 2.26. The Morgan fingerprint density at radius 2 is 2.19 bits per heavy atom. The third kappa shape index (κ3) is 2.47. The Hall–Kier alpha value is -0.800. The zero-order chi connectivity index (χ0) is 11.5. The van der Waals surface area contributed by atoms with Crippen molar-refractivity contribution in [1.29, 1.82) is 0 Å². The van der Waals surface area contributed by atoms with Gasteiger partial charge in [0.25, 0.3) is 0 Å². The van der Waals surface area contributed by atoms with Crippen molar-refractivity contribution in [3.63, 3.8) is 0 Å². The summed E-state index contributed by atoms with van der Waals surface area (Å²) < 4.78 is 6.28. The number of hydrogen-bond acceptors (Lipinski definition) is 2. The van der Waals surface area contributed by atoms with E-state index in [4.69, 9.17) is 16.3 Å². The topological polar surface area (TPSA) is 22.1 Å². The summed E-state index contributed by atoms with van der Waals surface area (Å²) in [5, 5.41) is 1.63. The van der Waals surface area contributed by atoms with Gasteiger partial charge in [-0.3, -0.25) is 0 Å². The van der Waals surface area contributed by atoms with Crippen molar-refractivity contribution < 1.29 is 4.74 Å². The van der Waals surface area contributed by atoms with Crippen LogP contribution in [0.5, 0.6) is 5.75 Å². The van der Waals surface area contributed by atoms with Crippen LogP contribution in [0.1, 0.15) is 13.3 Å². The molecule has 2 aromatic rings. The second-order valence-corrected chi connectivity index (χ2v) is 4.67. The van der Waals surface area contributed by atoms with Gasteiger partial charge in [-0.05, 0) is 40.5 Å². The van der Waals surface area contributed by atoms with Crippen molar-refractivity contribution in [2.75, 3.05) is 6.61 Å². The van der Waals surface area contributed by atoms with Crippen molar-refractivity contribution in [2.45, 2.75) is 13.3 Å². The minimum Gasteiger partial charge on any atom is -0.494 e. The van der Waals surface area contributed by atoms with E-state index in [0.29, 0.717) is 11.6 Å². The van der Waals surface area contributed by atoms with E-state index in [1.54, 1.807) is 6.07 Å². The molecule has 0 spiro atoms. The lowest BCUT2D eigenvalue weighted by Gasteiger charge is -2.06. The molecular weight excluding hydrogens is 289 g/mol. The van der Waals surface area contributed by atoms with E-state index in [1.807, 2.05) is 18.2 Å². The first-order valence-electron chi connectivity index (χ1n) is 5.09. The molecule has 0 aliphatic carbocycles. The highest BCUT2D eigenvalue weighted by atomic mass is 79.9. The maximum absolute atomic E-state index is 6.11. The van der Waals surface area contributed by atoms with E-state index in [2.05, 4.69) is 27.8 Å². The molecular formula is C12H11BrClNO. The summed E-state index contributed by atoms with van der Waals surface area (Å²) in [6.07, 6.45) is 0.991. The average Bonchev–Trinajstić information content (AvgIpc) is 2.25. The van der Waals surface area contributed by atoms with Crippen LogP contribution in [-0.4, -0.2) is 11.6 Å². The predicted molar refractivity (Wildman–Crippen MR) is 70.2 cm³/mol. The van der Waals surface area contributed by atoms with Crippen LogP contribution in [0.4, 0.5) is 0 Å². The second kappa shape index (κ2) is 5.02. The number of nitrogens with zero attached hydrogens (tertiary/aromatic N) is 1. The Kier molecular flexibility index (Phi) is 3.66. The predicted octanol–water partition coefficient (Wildman–Crippen LogP) is 4.44. The fraction of sp³-hybridized carbons (Fsp3) is 0.250. The lowest BCUT2D eigenvalue weighted by Crippen LogP contribution is -1.95. The van der Waals surface area contributed by atoms with Crippen LogP contribution in [0.15, 0.2) is 28.9 Å². The molecule has 0 fully saturated rings. The second-order valence-electron chi connectivity index (χ2n) is 3.45. The van der Waals surface area contributed by atoms with E-state index in [9.17, 15) is 0 Å². The Balaban J connectivity index is 2.45. The molecule has 0 aliphatic rings. The monoisotopic (exact) mass is 299 g/mol. The number of benzene rings is 1. The Morgan fingerprint density at radius 3 is 2.94 bits per heavy atom. The molecule has 0 amide bonds. The summed E-state index contributed by atoms with van der Waals surface area (Å²) in [4.78, 5) is 4.36. The van der Waals surface area contributed by atoms with Crippen molar-refractivity contribution >= 4 is 38.4 Å². The van der Waals surface area contributed by atoms with Crippen LogP contribution < -0.4 is 4.74 Å². The van der Waals surface area contributed by atoms with Gasteiger partial charge in [-0.15, -0.1) is 0 Å². The summed E-state index contributed by atoms with van der Waals surface area (Å²) in [7, 11) is 0. The number of hydrogen-bond donors (Lipinski definition) is 0. The Morgan fingerprint density at radius 1 is 1.38 bits per heavy atom. The number of fused-ring (bicyclic) bond motifs is 1. The SMILES string of the molecule is CCCOc1ccc2c(Cl)cc(Br)nc2c1. The molecule has 84 valence electrons. The van der Waals surface area contributed by atoms with Gasteiger partial charge >= 0.3 is 0 Å². The maximum Gasteiger partial charge on any atom is 0.121 e. The molecule has 2 nitrogen and oxygen atoms in total. The van der Waals surface area contributed by atoms with Crippen LogP contribution in [-0.2, 0) is 0 Å². The van der Waals surface area contributed by atoms with Gasteiger partial charge in [-0.2, -0.15) is 0 Å². The molecule has 4 heteroatoms. The molecule has 0 bridgehead atoms. The molecule has 0 N–H and O–H groups in total. The first-order chi connectivity index (χ1) is 7.70. The van der Waals surface area contributed by atoms with Gasteiger partial charge < -0.3 is 4.74 Å². The third-order valence-electron chi connectivity index (χ3n) is 2.17. The quantitative estimate of drug-likeness (QED) is 0.782. The van der Waals surface area contributed by atoms with E-state index in [0.717, 1.165) is 27.7 Å². The first kappa shape index (κ1) is 11.7. The van der Waals surface area contributed by atoms with E-state index < -0.39 is 0 Å². The van der Waals surface area contributed by atoms with Crippen molar-refractivity contribution in [3.05, 3.63) is 33.9 Å². The molecule has 0 radical (unpaired) electrons. The zero-order valence-electron chi connectivity index (χ0n) is 8.84. The maximum atomic E-state index is 6.11. The molecule has 0 saturated heterocycles. The molecule has 0 atom stereocenters.